The normalized spacial score (nSPS) is 11.3. The van der Waals surface area contributed by atoms with Crippen LogP contribution < -0.4 is 9.47 Å². The Morgan fingerprint density at radius 1 is 1.17 bits per heavy atom. The predicted octanol–water partition coefficient (Wildman–Crippen LogP) is 5.08. The molecular weight excluding hydrogens is 382 g/mol. The van der Waals surface area contributed by atoms with Gasteiger partial charge in [0, 0.05) is 12.0 Å². The quantitative estimate of drug-likeness (QED) is 0.531. The van der Waals surface area contributed by atoms with Crippen molar-refractivity contribution in [3.05, 3.63) is 65.5 Å². The molecule has 3 aromatic rings. The van der Waals surface area contributed by atoms with Gasteiger partial charge in [0.25, 0.3) is 0 Å². The number of hydrogen-bond acceptors (Lipinski definition) is 5. The molecule has 0 unspecified atom stereocenters. The Bertz CT molecular complexity index is 1010. The Morgan fingerprint density at radius 3 is 2.57 bits per heavy atom. The zero-order valence-corrected chi connectivity index (χ0v) is 17.8. The van der Waals surface area contributed by atoms with E-state index < -0.39 is 11.6 Å². The number of nitrogens with zero attached hydrogens (tertiary/aromatic N) is 1. The van der Waals surface area contributed by atoms with Gasteiger partial charge in [-0.25, -0.2) is 9.78 Å². The van der Waals surface area contributed by atoms with Gasteiger partial charge in [-0.3, -0.25) is 0 Å². The zero-order valence-electron chi connectivity index (χ0n) is 17.8. The van der Waals surface area contributed by atoms with Crippen molar-refractivity contribution < 1.29 is 23.8 Å². The molecule has 0 aliphatic heterocycles. The van der Waals surface area contributed by atoms with Crippen LogP contribution in [0.1, 0.15) is 37.8 Å². The van der Waals surface area contributed by atoms with Gasteiger partial charge in [-0.05, 0) is 63.1 Å². The van der Waals surface area contributed by atoms with E-state index >= 15 is 0 Å². The van der Waals surface area contributed by atoms with Crippen LogP contribution in [0, 0.1) is 6.92 Å². The minimum absolute atomic E-state index is 0.454. The maximum atomic E-state index is 11.3. The minimum atomic E-state index is -1.30. The molecule has 1 aromatic heterocycles. The molecule has 6 heteroatoms. The minimum Gasteiger partial charge on any atom is -0.493 e. The van der Waals surface area contributed by atoms with E-state index in [4.69, 9.17) is 13.9 Å². The lowest BCUT2D eigenvalue weighted by molar-refractivity contribution is -0.152. The Morgan fingerprint density at radius 2 is 1.90 bits per heavy atom. The number of rotatable bonds is 9. The summed E-state index contributed by atoms with van der Waals surface area (Å²) in [6.45, 7) is 7.42. The second-order valence-electron chi connectivity index (χ2n) is 7.53. The first-order chi connectivity index (χ1) is 14.3. The van der Waals surface area contributed by atoms with E-state index in [2.05, 4.69) is 4.98 Å². The summed E-state index contributed by atoms with van der Waals surface area (Å²) in [4.78, 5) is 15.9. The first-order valence-corrected chi connectivity index (χ1v) is 10.00. The van der Waals surface area contributed by atoms with Gasteiger partial charge in [0.05, 0.1) is 12.3 Å². The molecule has 0 radical (unpaired) electrons. The van der Waals surface area contributed by atoms with Gasteiger partial charge in [0.15, 0.2) is 5.60 Å². The van der Waals surface area contributed by atoms with Crippen LogP contribution in [0.4, 0.5) is 0 Å². The highest BCUT2D eigenvalue weighted by Crippen LogP contribution is 2.28. The van der Waals surface area contributed by atoms with E-state index in [1.165, 1.54) is 13.8 Å². The molecule has 0 saturated heterocycles. The van der Waals surface area contributed by atoms with Crippen LogP contribution >= 0.6 is 0 Å². The van der Waals surface area contributed by atoms with E-state index in [1.54, 1.807) is 6.07 Å². The average molecular weight is 409 g/mol. The molecule has 0 bridgehead atoms. The standard InChI is InChI=1S/C24H27NO5/c1-5-17-15-19(30-24(3,4)23(26)27)11-12-21(17)28-14-13-20-16(2)29-22(25-20)18-9-7-6-8-10-18/h6-12,15H,5,13-14H2,1-4H3,(H,26,27). The fraction of sp³-hybridized carbons (Fsp3) is 0.333. The third-order valence-electron chi connectivity index (χ3n) is 4.81. The van der Waals surface area contributed by atoms with Crippen LogP contribution in [0.25, 0.3) is 11.5 Å². The molecule has 0 aliphatic carbocycles. The maximum absolute atomic E-state index is 11.3. The van der Waals surface area contributed by atoms with E-state index in [0.717, 1.165) is 34.8 Å². The van der Waals surface area contributed by atoms with Gasteiger partial charge >= 0.3 is 5.97 Å². The van der Waals surface area contributed by atoms with Gasteiger partial charge in [-0.1, -0.05) is 25.1 Å². The summed E-state index contributed by atoms with van der Waals surface area (Å²) in [7, 11) is 0. The summed E-state index contributed by atoms with van der Waals surface area (Å²) in [5.74, 6) is 1.64. The number of carboxylic acids is 1. The van der Waals surface area contributed by atoms with Gasteiger partial charge in [0.2, 0.25) is 5.89 Å². The molecule has 1 N–H and O–H groups in total. The Balaban J connectivity index is 1.65. The Kier molecular flexibility index (Phi) is 6.45. The molecule has 6 nitrogen and oxygen atoms in total. The lowest BCUT2D eigenvalue weighted by atomic mass is 10.1. The monoisotopic (exact) mass is 409 g/mol. The van der Waals surface area contributed by atoms with Crippen LogP contribution in [0.15, 0.2) is 52.9 Å². The van der Waals surface area contributed by atoms with Crippen LogP contribution in [-0.2, 0) is 17.6 Å². The van der Waals surface area contributed by atoms with Crippen LogP contribution in [-0.4, -0.2) is 28.3 Å². The smallest absolute Gasteiger partial charge is 0.347 e. The molecule has 1 heterocycles. The number of carboxylic acid groups (broad SMARTS) is 1. The topological polar surface area (TPSA) is 81.8 Å². The summed E-state index contributed by atoms with van der Waals surface area (Å²) < 4.78 is 17.4. The number of oxazole rings is 1. The molecule has 0 atom stereocenters. The molecule has 30 heavy (non-hydrogen) atoms. The molecule has 0 spiro atoms. The summed E-state index contributed by atoms with van der Waals surface area (Å²) in [6, 6.07) is 15.2. The van der Waals surface area contributed by atoms with Gasteiger partial charge < -0.3 is 19.0 Å². The number of aliphatic carboxylic acids is 1. The van der Waals surface area contributed by atoms with Crippen LogP contribution in [0.2, 0.25) is 0 Å². The Hall–Kier alpha value is -3.28. The molecule has 0 amide bonds. The predicted molar refractivity (Wildman–Crippen MR) is 114 cm³/mol. The van der Waals surface area contributed by atoms with Crippen molar-refractivity contribution in [2.24, 2.45) is 0 Å². The van der Waals surface area contributed by atoms with Crippen molar-refractivity contribution in [2.75, 3.05) is 6.61 Å². The van der Waals surface area contributed by atoms with Crippen molar-refractivity contribution in [1.29, 1.82) is 0 Å². The van der Waals surface area contributed by atoms with Crippen molar-refractivity contribution in [2.45, 2.75) is 46.1 Å². The number of carbonyl (C=O) groups is 1. The highest BCUT2D eigenvalue weighted by molar-refractivity contribution is 5.76. The van der Waals surface area contributed by atoms with E-state index in [9.17, 15) is 9.90 Å². The van der Waals surface area contributed by atoms with Crippen molar-refractivity contribution in [3.63, 3.8) is 0 Å². The third kappa shape index (κ3) is 5.00. The van der Waals surface area contributed by atoms with E-state index in [-0.39, 0.29) is 0 Å². The fourth-order valence-electron chi connectivity index (χ4n) is 3.00. The van der Waals surface area contributed by atoms with Gasteiger partial charge in [0.1, 0.15) is 17.3 Å². The highest BCUT2D eigenvalue weighted by atomic mass is 16.5. The SMILES string of the molecule is CCc1cc(OC(C)(C)C(=O)O)ccc1OCCc1nc(-c2ccccc2)oc1C. The number of aromatic nitrogens is 1. The van der Waals surface area contributed by atoms with Gasteiger partial charge in [-0.2, -0.15) is 0 Å². The molecule has 158 valence electrons. The third-order valence-corrected chi connectivity index (χ3v) is 4.81. The number of hydrogen-bond donors (Lipinski definition) is 1. The zero-order chi connectivity index (χ0) is 21.7. The molecular formula is C24H27NO5. The summed E-state index contributed by atoms with van der Waals surface area (Å²) in [5, 5.41) is 9.24. The first kappa shape index (κ1) is 21.4. The van der Waals surface area contributed by atoms with Crippen molar-refractivity contribution in [3.8, 4) is 23.0 Å². The van der Waals surface area contributed by atoms with Crippen LogP contribution in [0.3, 0.4) is 0 Å². The molecule has 0 aliphatic rings. The summed E-state index contributed by atoms with van der Waals surface area (Å²) in [5.41, 5.74) is 1.47. The molecule has 2 aromatic carbocycles. The second kappa shape index (κ2) is 9.03. The van der Waals surface area contributed by atoms with E-state index in [1.807, 2.05) is 56.3 Å². The Labute approximate surface area is 176 Å². The highest BCUT2D eigenvalue weighted by Gasteiger charge is 2.29. The fourth-order valence-corrected chi connectivity index (χ4v) is 3.00. The second-order valence-corrected chi connectivity index (χ2v) is 7.53. The largest absolute Gasteiger partial charge is 0.493 e. The summed E-state index contributed by atoms with van der Waals surface area (Å²) in [6.07, 6.45) is 1.36. The summed E-state index contributed by atoms with van der Waals surface area (Å²) >= 11 is 0. The van der Waals surface area contributed by atoms with Crippen LogP contribution in [0.5, 0.6) is 11.5 Å². The number of benzene rings is 2. The van der Waals surface area contributed by atoms with Crippen molar-refractivity contribution >= 4 is 5.97 Å². The number of ether oxygens (including phenoxy) is 2. The van der Waals surface area contributed by atoms with Gasteiger partial charge in [-0.15, -0.1) is 0 Å². The van der Waals surface area contributed by atoms with E-state index in [0.29, 0.717) is 24.7 Å². The lowest BCUT2D eigenvalue weighted by Crippen LogP contribution is -2.37. The lowest BCUT2D eigenvalue weighted by Gasteiger charge is -2.22. The number of aryl methyl sites for hydroxylation is 2. The first-order valence-electron chi connectivity index (χ1n) is 10.00. The molecule has 3 rings (SSSR count). The van der Waals surface area contributed by atoms with Crippen molar-refractivity contribution in [1.82, 2.24) is 4.98 Å². The molecule has 0 fully saturated rings. The average Bonchev–Trinajstić information content (AvgIpc) is 3.10. The molecule has 0 saturated carbocycles. The maximum Gasteiger partial charge on any atom is 0.347 e.